The molecule has 0 aliphatic carbocycles. The highest BCUT2D eigenvalue weighted by Gasteiger charge is 2.50. The van der Waals surface area contributed by atoms with Gasteiger partial charge in [-0.2, -0.15) is 4.57 Å². The van der Waals surface area contributed by atoms with Gasteiger partial charge in [0.25, 0.3) is 5.91 Å². The number of pyridine rings is 1. The average molecular weight is 556 g/mol. The third kappa shape index (κ3) is 5.27. The van der Waals surface area contributed by atoms with Gasteiger partial charge in [0, 0.05) is 48.3 Å². The molecule has 0 bridgehead atoms. The minimum Gasteiger partial charge on any atom is -0.543 e. The van der Waals surface area contributed by atoms with E-state index in [2.05, 4.69) is 5.32 Å². The first-order valence-corrected chi connectivity index (χ1v) is 13.0. The number of benzene rings is 1. The van der Waals surface area contributed by atoms with Crippen LogP contribution in [0.15, 0.2) is 65.6 Å². The predicted octanol–water partition coefficient (Wildman–Crippen LogP) is -0.204. The first-order valence-electron chi connectivity index (χ1n) is 12.0. The van der Waals surface area contributed by atoms with Gasteiger partial charge in [0.1, 0.15) is 11.4 Å². The zero-order valence-corrected chi connectivity index (χ0v) is 21.2. The van der Waals surface area contributed by atoms with E-state index in [9.17, 15) is 33.1 Å². The number of carboxylic acid groups (broad SMARTS) is 1. The minimum absolute atomic E-state index is 0.0615. The van der Waals surface area contributed by atoms with Gasteiger partial charge < -0.3 is 25.9 Å². The van der Waals surface area contributed by atoms with Crippen molar-refractivity contribution in [2.24, 2.45) is 5.73 Å². The maximum atomic E-state index is 13.3. The van der Waals surface area contributed by atoms with Crippen LogP contribution in [-0.4, -0.2) is 57.2 Å². The number of nitrogens with one attached hydrogen (secondary N) is 1. The largest absolute Gasteiger partial charge is 0.543 e. The Morgan fingerprint density at radius 3 is 2.62 bits per heavy atom. The van der Waals surface area contributed by atoms with Crippen LogP contribution < -0.4 is 20.7 Å². The van der Waals surface area contributed by atoms with Crippen molar-refractivity contribution in [1.82, 2.24) is 9.80 Å². The van der Waals surface area contributed by atoms with Gasteiger partial charge >= 0.3 is 0 Å². The number of thioether (sulfide) groups is 1. The van der Waals surface area contributed by atoms with Crippen LogP contribution in [0, 0.1) is 11.6 Å². The lowest BCUT2D eigenvalue weighted by molar-refractivity contribution is -0.684. The van der Waals surface area contributed by atoms with Crippen LogP contribution in [0.3, 0.4) is 0 Å². The van der Waals surface area contributed by atoms with E-state index < -0.39 is 40.8 Å². The topological polar surface area (TPSA) is 140 Å². The fraction of sp³-hybridized carbons (Fsp3) is 0.269. The standard InChI is InChI=1S/C26H23F2N5O5S/c27-18-2-1-17(10-19(18)28)30-20(34)12-31-6-3-14(4-7-31)11-32-8-5-15(23(32)35)9-16-13-39-25-21(29)24(36)33(25)22(16)26(37)38/h1-4,6-7,9-10,21,25H,5,8,11-13,29H2,(H-,30,34,37,38)/b15-9+/t21-,25-/m1/s1. The molecule has 2 atom stereocenters. The minimum atomic E-state index is -1.48. The molecule has 0 saturated carbocycles. The normalized spacial score (nSPS) is 21.8. The molecular weight excluding hydrogens is 532 g/mol. The molecule has 4 heterocycles. The average Bonchev–Trinajstić information content (AvgIpc) is 3.24. The number of allylic oxidation sites excluding steroid dienone is 1. The van der Waals surface area contributed by atoms with E-state index in [0.29, 0.717) is 36.4 Å². The van der Waals surface area contributed by atoms with E-state index in [4.69, 9.17) is 5.73 Å². The molecule has 0 radical (unpaired) electrons. The number of aliphatic carboxylic acids is 1. The number of amides is 3. The van der Waals surface area contributed by atoms with Crippen LogP contribution in [-0.2, 0) is 32.3 Å². The number of nitrogens with two attached hydrogens (primary N) is 1. The van der Waals surface area contributed by atoms with Crippen molar-refractivity contribution in [3.8, 4) is 0 Å². The Labute approximate surface area is 225 Å². The molecule has 0 spiro atoms. The van der Waals surface area contributed by atoms with Gasteiger partial charge in [0.15, 0.2) is 24.0 Å². The number of halogens is 2. The van der Waals surface area contributed by atoms with E-state index in [1.165, 1.54) is 17.8 Å². The Bertz CT molecular complexity index is 1440. The highest BCUT2D eigenvalue weighted by molar-refractivity contribution is 8.00. The molecule has 202 valence electrons. The van der Waals surface area contributed by atoms with E-state index in [1.54, 1.807) is 40.1 Å². The van der Waals surface area contributed by atoms with Gasteiger partial charge in [-0.15, -0.1) is 11.8 Å². The van der Waals surface area contributed by atoms with Crippen molar-refractivity contribution in [3.05, 3.63) is 82.8 Å². The second-order valence-corrected chi connectivity index (χ2v) is 10.4. The summed E-state index contributed by atoms with van der Waals surface area (Å²) in [6.07, 6.45) is 5.29. The van der Waals surface area contributed by atoms with Crippen molar-refractivity contribution in [2.45, 2.75) is 30.9 Å². The van der Waals surface area contributed by atoms with E-state index in [0.717, 1.165) is 22.6 Å². The van der Waals surface area contributed by atoms with Crippen LogP contribution in [0.2, 0.25) is 0 Å². The molecular formula is C26H23F2N5O5S. The van der Waals surface area contributed by atoms with Gasteiger partial charge in [-0.1, -0.05) is 0 Å². The summed E-state index contributed by atoms with van der Waals surface area (Å²) in [5.74, 6) is -4.39. The maximum Gasteiger partial charge on any atom is 0.290 e. The smallest absolute Gasteiger partial charge is 0.290 e. The summed E-state index contributed by atoms with van der Waals surface area (Å²) in [5, 5.41) is 13.8. The van der Waals surface area contributed by atoms with Crippen LogP contribution >= 0.6 is 11.8 Å². The summed E-state index contributed by atoms with van der Waals surface area (Å²) in [5.41, 5.74) is 7.28. The number of hydrogen-bond donors (Lipinski definition) is 2. The summed E-state index contributed by atoms with van der Waals surface area (Å²) in [4.78, 5) is 51.9. The summed E-state index contributed by atoms with van der Waals surface area (Å²) in [6.45, 7) is 0.683. The SMILES string of the molecule is N[C@@H]1C(=O)N2C(C(=O)[O-])=C(/C=C3\CCN(Cc4cc[n+](CC(=O)Nc5ccc(F)c(F)c5)cc4)C3=O)CS[C@H]12. The number of anilines is 1. The molecule has 3 aliphatic heterocycles. The van der Waals surface area contributed by atoms with Crippen molar-refractivity contribution in [1.29, 1.82) is 0 Å². The van der Waals surface area contributed by atoms with Crippen LogP contribution in [0.1, 0.15) is 12.0 Å². The van der Waals surface area contributed by atoms with Crippen molar-refractivity contribution < 1.29 is 37.6 Å². The van der Waals surface area contributed by atoms with Crippen molar-refractivity contribution >= 4 is 41.1 Å². The molecule has 2 fully saturated rings. The Kier molecular flexibility index (Phi) is 7.19. The van der Waals surface area contributed by atoms with Gasteiger partial charge in [-0.3, -0.25) is 19.3 Å². The predicted molar refractivity (Wildman–Crippen MR) is 133 cm³/mol. The summed E-state index contributed by atoms with van der Waals surface area (Å²) >= 11 is 1.35. The lowest BCUT2D eigenvalue weighted by Crippen LogP contribution is -2.69. The van der Waals surface area contributed by atoms with E-state index in [-0.39, 0.29) is 23.8 Å². The Morgan fingerprint density at radius 1 is 1.18 bits per heavy atom. The summed E-state index contributed by atoms with van der Waals surface area (Å²) < 4.78 is 28.0. The first kappa shape index (κ1) is 26.5. The number of aromatic nitrogens is 1. The molecule has 2 aromatic rings. The Hall–Kier alpha value is -4.10. The molecule has 3 N–H and O–H groups in total. The molecule has 5 rings (SSSR count). The van der Waals surface area contributed by atoms with Crippen LogP contribution in [0.4, 0.5) is 14.5 Å². The molecule has 1 aromatic carbocycles. The first-order chi connectivity index (χ1) is 18.6. The third-order valence-electron chi connectivity index (χ3n) is 6.66. The molecule has 3 amide bonds. The monoisotopic (exact) mass is 555 g/mol. The number of carbonyl (C=O) groups excluding carboxylic acids is 4. The molecule has 2 saturated heterocycles. The number of fused-ring (bicyclic) bond motifs is 1. The fourth-order valence-corrected chi connectivity index (χ4v) is 5.91. The number of β-lactam (4-membered cyclic amide) rings is 1. The second-order valence-electron chi connectivity index (χ2n) is 9.30. The molecule has 3 aliphatic rings. The number of likely N-dealkylation sites (tertiary alicyclic amines) is 1. The number of carboxylic acids is 1. The molecule has 0 unspecified atom stereocenters. The summed E-state index contributed by atoms with van der Waals surface area (Å²) in [7, 11) is 0. The van der Waals surface area contributed by atoms with E-state index >= 15 is 0 Å². The molecule has 1 aromatic heterocycles. The van der Waals surface area contributed by atoms with Gasteiger partial charge in [0.05, 0.1) is 11.7 Å². The van der Waals surface area contributed by atoms with Crippen LogP contribution in [0.25, 0.3) is 0 Å². The van der Waals surface area contributed by atoms with Gasteiger partial charge in [0.2, 0.25) is 18.4 Å². The van der Waals surface area contributed by atoms with Gasteiger partial charge in [-0.05, 0) is 35.8 Å². The fourth-order valence-electron chi connectivity index (χ4n) is 4.66. The maximum absolute atomic E-state index is 13.3. The zero-order valence-electron chi connectivity index (χ0n) is 20.4. The van der Waals surface area contributed by atoms with Crippen molar-refractivity contribution in [2.75, 3.05) is 17.6 Å². The van der Waals surface area contributed by atoms with Crippen LogP contribution in [0.5, 0.6) is 0 Å². The highest BCUT2D eigenvalue weighted by Crippen LogP contribution is 2.40. The van der Waals surface area contributed by atoms with Crippen molar-refractivity contribution in [3.63, 3.8) is 0 Å². The lowest BCUT2D eigenvalue weighted by atomic mass is 10.0. The lowest BCUT2D eigenvalue weighted by Gasteiger charge is -2.49. The Morgan fingerprint density at radius 2 is 1.92 bits per heavy atom. The highest BCUT2D eigenvalue weighted by atomic mass is 32.2. The quantitative estimate of drug-likeness (QED) is 0.274. The number of nitrogens with zero attached hydrogens (tertiary/aromatic N) is 3. The van der Waals surface area contributed by atoms with Gasteiger partial charge in [-0.25, -0.2) is 8.78 Å². The molecule has 10 nitrogen and oxygen atoms in total. The molecule has 39 heavy (non-hydrogen) atoms. The number of rotatable bonds is 7. The van der Waals surface area contributed by atoms with E-state index in [1.807, 2.05) is 0 Å². The summed E-state index contributed by atoms with van der Waals surface area (Å²) in [6, 6.07) is 5.86. The molecule has 13 heteroatoms. The second kappa shape index (κ2) is 10.6. The third-order valence-corrected chi connectivity index (χ3v) is 7.98. The Balaban J connectivity index is 1.21. The number of hydrogen-bond acceptors (Lipinski definition) is 7. The zero-order chi connectivity index (χ0) is 27.8. The number of carbonyl (C=O) groups is 4.